The third-order valence-corrected chi connectivity index (χ3v) is 7.15. The number of hydrogen-bond donors (Lipinski definition) is 1. The molecule has 0 bridgehead atoms. The molecule has 2 unspecified atom stereocenters. The zero-order valence-electron chi connectivity index (χ0n) is 10.6. The standard InChI is InChI=1S/C12H22ClNO2S/c1-12(2)10(13)8-11(12)14-17(15,16)9-6-4-3-5-7-9/h9-11,14H,3-8H2,1-2H3. The molecule has 2 saturated carbocycles. The Hall–Kier alpha value is 0.200. The molecule has 0 spiro atoms. The second-order valence-corrected chi connectivity index (χ2v) is 8.52. The Balaban J connectivity index is 1.98. The van der Waals surface area contributed by atoms with Gasteiger partial charge in [0.2, 0.25) is 10.0 Å². The molecule has 0 saturated heterocycles. The zero-order chi connectivity index (χ0) is 12.7. The summed E-state index contributed by atoms with van der Waals surface area (Å²) in [4.78, 5) is 0. The molecule has 0 aromatic rings. The van der Waals surface area contributed by atoms with Crippen LogP contribution in [0.5, 0.6) is 0 Å². The van der Waals surface area contributed by atoms with E-state index in [1.807, 2.05) is 13.8 Å². The molecule has 0 radical (unpaired) electrons. The highest BCUT2D eigenvalue weighted by Gasteiger charge is 2.49. The quantitative estimate of drug-likeness (QED) is 0.808. The third kappa shape index (κ3) is 2.64. The molecule has 2 atom stereocenters. The maximum Gasteiger partial charge on any atom is 0.214 e. The van der Waals surface area contributed by atoms with Gasteiger partial charge in [0, 0.05) is 11.4 Å². The van der Waals surface area contributed by atoms with Crippen LogP contribution in [-0.4, -0.2) is 25.1 Å². The Morgan fingerprint density at radius 3 is 2.24 bits per heavy atom. The average Bonchev–Trinajstić information content (AvgIpc) is 2.30. The molecule has 17 heavy (non-hydrogen) atoms. The number of sulfonamides is 1. The van der Waals surface area contributed by atoms with E-state index >= 15 is 0 Å². The fraction of sp³-hybridized carbons (Fsp3) is 1.00. The highest BCUT2D eigenvalue weighted by Crippen LogP contribution is 2.45. The van der Waals surface area contributed by atoms with E-state index in [0.717, 1.165) is 32.1 Å². The van der Waals surface area contributed by atoms with Gasteiger partial charge in [-0.1, -0.05) is 33.1 Å². The fourth-order valence-electron chi connectivity index (χ4n) is 2.74. The summed E-state index contributed by atoms with van der Waals surface area (Å²) in [5.41, 5.74) is -0.122. The van der Waals surface area contributed by atoms with Crippen LogP contribution in [0.1, 0.15) is 52.4 Å². The van der Waals surface area contributed by atoms with E-state index in [1.54, 1.807) is 0 Å². The summed E-state index contributed by atoms with van der Waals surface area (Å²) >= 11 is 6.12. The summed E-state index contributed by atoms with van der Waals surface area (Å²) < 4.78 is 27.3. The van der Waals surface area contributed by atoms with E-state index < -0.39 is 10.0 Å². The Kier molecular flexibility index (Phi) is 3.77. The van der Waals surface area contributed by atoms with Gasteiger partial charge in [-0.2, -0.15) is 0 Å². The van der Waals surface area contributed by atoms with Gasteiger partial charge in [-0.25, -0.2) is 13.1 Å². The van der Waals surface area contributed by atoms with Crippen LogP contribution in [0.15, 0.2) is 0 Å². The molecule has 0 amide bonds. The van der Waals surface area contributed by atoms with Gasteiger partial charge >= 0.3 is 0 Å². The number of nitrogens with one attached hydrogen (secondary N) is 1. The lowest BCUT2D eigenvalue weighted by Crippen LogP contribution is -2.60. The average molecular weight is 280 g/mol. The SMILES string of the molecule is CC1(C)C(Cl)CC1NS(=O)(=O)C1CCCCC1. The Bertz CT molecular complexity index is 374. The topological polar surface area (TPSA) is 46.2 Å². The van der Waals surface area contributed by atoms with Gasteiger partial charge in [-0.15, -0.1) is 11.6 Å². The van der Waals surface area contributed by atoms with Gasteiger partial charge in [0.05, 0.1) is 5.25 Å². The number of alkyl halides is 1. The molecule has 0 heterocycles. The predicted octanol–water partition coefficient (Wildman–Crippen LogP) is 2.64. The molecule has 100 valence electrons. The van der Waals surface area contributed by atoms with Gasteiger partial charge in [0.1, 0.15) is 0 Å². The lowest BCUT2D eigenvalue weighted by atomic mass is 9.67. The van der Waals surface area contributed by atoms with Crippen LogP contribution in [0.3, 0.4) is 0 Å². The normalized spacial score (nSPS) is 34.3. The largest absolute Gasteiger partial charge is 0.214 e. The van der Waals surface area contributed by atoms with Gasteiger partial charge in [-0.3, -0.25) is 0 Å². The number of halogens is 1. The van der Waals surface area contributed by atoms with Crippen molar-refractivity contribution in [1.29, 1.82) is 0 Å². The maximum atomic E-state index is 12.2. The van der Waals surface area contributed by atoms with Crippen LogP contribution in [-0.2, 0) is 10.0 Å². The summed E-state index contributed by atoms with van der Waals surface area (Å²) in [7, 11) is -3.15. The molecule has 0 aromatic carbocycles. The first-order chi connectivity index (χ1) is 7.84. The lowest BCUT2D eigenvalue weighted by molar-refractivity contribution is 0.137. The maximum absolute atomic E-state index is 12.2. The van der Waals surface area contributed by atoms with Crippen molar-refractivity contribution < 1.29 is 8.42 Å². The van der Waals surface area contributed by atoms with Crippen LogP contribution in [0.4, 0.5) is 0 Å². The summed E-state index contributed by atoms with van der Waals surface area (Å²) in [5, 5.41) is -0.0945. The van der Waals surface area contributed by atoms with E-state index in [4.69, 9.17) is 11.6 Å². The first kappa shape index (κ1) is 13.6. The molecule has 2 aliphatic carbocycles. The second-order valence-electron chi connectivity index (χ2n) is 6.00. The summed E-state index contributed by atoms with van der Waals surface area (Å²) in [6.07, 6.45) is 5.63. The molecular formula is C12H22ClNO2S. The monoisotopic (exact) mass is 279 g/mol. The van der Waals surface area contributed by atoms with E-state index in [2.05, 4.69) is 4.72 Å². The van der Waals surface area contributed by atoms with E-state index in [9.17, 15) is 8.42 Å². The van der Waals surface area contributed by atoms with Gasteiger partial charge in [-0.05, 0) is 24.7 Å². The van der Waals surface area contributed by atoms with E-state index in [1.165, 1.54) is 6.42 Å². The fourth-order valence-corrected chi connectivity index (χ4v) is 5.02. The minimum Gasteiger partial charge on any atom is -0.212 e. The molecule has 3 nitrogen and oxygen atoms in total. The molecule has 0 aliphatic heterocycles. The third-order valence-electron chi connectivity index (χ3n) is 4.45. The van der Waals surface area contributed by atoms with Crippen LogP contribution < -0.4 is 4.72 Å². The minimum absolute atomic E-state index is 0.0110. The van der Waals surface area contributed by atoms with Crippen LogP contribution >= 0.6 is 11.6 Å². The van der Waals surface area contributed by atoms with E-state index in [0.29, 0.717) is 0 Å². The van der Waals surface area contributed by atoms with Crippen molar-refractivity contribution in [2.24, 2.45) is 5.41 Å². The molecule has 1 N–H and O–H groups in total. The Labute approximate surface area is 109 Å². The molecule has 2 rings (SSSR count). The summed E-state index contributed by atoms with van der Waals surface area (Å²) in [6, 6.07) is 0.0110. The summed E-state index contributed by atoms with van der Waals surface area (Å²) in [5.74, 6) is 0. The highest BCUT2D eigenvalue weighted by molar-refractivity contribution is 7.90. The van der Waals surface area contributed by atoms with Crippen molar-refractivity contribution in [2.45, 2.75) is 69.0 Å². The van der Waals surface area contributed by atoms with Crippen molar-refractivity contribution in [2.75, 3.05) is 0 Å². The first-order valence-corrected chi connectivity index (χ1v) is 8.47. The van der Waals surface area contributed by atoms with Crippen molar-refractivity contribution in [3.8, 4) is 0 Å². The minimum atomic E-state index is -3.15. The van der Waals surface area contributed by atoms with Gasteiger partial charge in [0.15, 0.2) is 0 Å². The number of rotatable bonds is 3. The van der Waals surface area contributed by atoms with Crippen LogP contribution in [0.25, 0.3) is 0 Å². The van der Waals surface area contributed by atoms with E-state index in [-0.39, 0.29) is 22.1 Å². The van der Waals surface area contributed by atoms with Crippen molar-refractivity contribution in [1.82, 2.24) is 4.72 Å². The lowest BCUT2D eigenvalue weighted by Gasteiger charge is -2.49. The van der Waals surface area contributed by atoms with Gasteiger partial charge in [0.25, 0.3) is 0 Å². The van der Waals surface area contributed by atoms with Gasteiger partial charge < -0.3 is 0 Å². The molecule has 2 fully saturated rings. The molecule has 2 aliphatic rings. The highest BCUT2D eigenvalue weighted by atomic mass is 35.5. The second kappa shape index (κ2) is 4.71. The molecule has 5 heteroatoms. The van der Waals surface area contributed by atoms with Crippen LogP contribution in [0.2, 0.25) is 0 Å². The Morgan fingerprint density at radius 2 is 1.76 bits per heavy atom. The Morgan fingerprint density at radius 1 is 1.18 bits per heavy atom. The summed E-state index contributed by atoms with van der Waals surface area (Å²) in [6.45, 7) is 4.06. The van der Waals surface area contributed by atoms with Crippen molar-refractivity contribution in [3.05, 3.63) is 0 Å². The smallest absolute Gasteiger partial charge is 0.212 e. The molecular weight excluding hydrogens is 258 g/mol. The predicted molar refractivity (Wildman–Crippen MR) is 70.8 cm³/mol. The number of hydrogen-bond acceptors (Lipinski definition) is 2. The van der Waals surface area contributed by atoms with Crippen molar-refractivity contribution >= 4 is 21.6 Å². The molecule has 0 aromatic heterocycles. The first-order valence-electron chi connectivity index (χ1n) is 6.49. The van der Waals surface area contributed by atoms with Crippen LogP contribution in [0, 0.1) is 5.41 Å². The van der Waals surface area contributed by atoms with Crippen molar-refractivity contribution in [3.63, 3.8) is 0 Å². The zero-order valence-corrected chi connectivity index (χ0v) is 12.1.